The van der Waals surface area contributed by atoms with E-state index in [0.29, 0.717) is 19.6 Å². The Hall–Kier alpha value is -1.67. The highest BCUT2D eigenvalue weighted by atomic mass is 19.4. The molecule has 2 fully saturated rings. The Morgan fingerprint density at radius 3 is 2.79 bits per heavy atom. The van der Waals surface area contributed by atoms with Gasteiger partial charge in [0.15, 0.2) is 0 Å². The lowest BCUT2D eigenvalue weighted by Gasteiger charge is -2.34. The summed E-state index contributed by atoms with van der Waals surface area (Å²) >= 11 is 0. The lowest BCUT2D eigenvalue weighted by atomic mass is 9.76. The van der Waals surface area contributed by atoms with Crippen LogP contribution in [-0.4, -0.2) is 42.3 Å². The van der Waals surface area contributed by atoms with Crippen molar-refractivity contribution in [1.29, 1.82) is 0 Å². The molecular weight excluding hydrogens is 330 g/mol. The van der Waals surface area contributed by atoms with Crippen LogP contribution in [0.2, 0.25) is 0 Å². The number of ether oxygens (including phenoxy) is 1. The zero-order valence-corrected chi connectivity index (χ0v) is 12.8. The van der Waals surface area contributed by atoms with Gasteiger partial charge in [-0.15, -0.1) is 0 Å². The van der Waals surface area contributed by atoms with Gasteiger partial charge in [0, 0.05) is 26.2 Å². The van der Waals surface area contributed by atoms with Crippen LogP contribution in [0.25, 0.3) is 0 Å². The SMILES string of the molecule is O=C(O)[C@]12COCC[C@H]1CN(Cc1cccc(F)c1C(F)(F)F)C2. The molecule has 3 rings (SSSR count). The zero-order valence-electron chi connectivity index (χ0n) is 12.8. The Labute approximate surface area is 136 Å². The second-order valence-corrected chi connectivity index (χ2v) is 6.44. The van der Waals surface area contributed by atoms with Crippen molar-refractivity contribution in [2.75, 3.05) is 26.3 Å². The van der Waals surface area contributed by atoms with Crippen molar-refractivity contribution in [1.82, 2.24) is 4.90 Å². The monoisotopic (exact) mass is 347 g/mol. The third-order valence-electron chi connectivity index (χ3n) is 4.94. The van der Waals surface area contributed by atoms with Gasteiger partial charge in [-0.2, -0.15) is 13.2 Å². The maximum Gasteiger partial charge on any atom is 0.419 e. The number of hydrogen-bond donors (Lipinski definition) is 1. The van der Waals surface area contributed by atoms with Crippen molar-refractivity contribution in [3.8, 4) is 0 Å². The van der Waals surface area contributed by atoms with Crippen LogP contribution in [-0.2, 0) is 22.3 Å². The van der Waals surface area contributed by atoms with Gasteiger partial charge in [-0.05, 0) is 24.0 Å². The molecule has 2 aliphatic heterocycles. The number of carboxylic acids is 1. The van der Waals surface area contributed by atoms with E-state index in [-0.39, 0.29) is 31.2 Å². The van der Waals surface area contributed by atoms with Gasteiger partial charge in [-0.1, -0.05) is 12.1 Å². The molecule has 0 bridgehead atoms. The number of fused-ring (bicyclic) bond motifs is 1. The molecule has 2 aliphatic rings. The number of nitrogens with zero attached hydrogens (tertiary/aromatic N) is 1. The highest BCUT2D eigenvalue weighted by Gasteiger charge is 2.54. The number of carboxylic acid groups (broad SMARTS) is 1. The van der Waals surface area contributed by atoms with E-state index in [1.54, 1.807) is 4.90 Å². The second kappa shape index (κ2) is 6.00. The van der Waals surface area contributed by atoms with Gasteiger partial charge in [-0.25, -0.2) is 4.39 Å². The summed E-state index contributed by atoms with van der Waals surface area (Å²) in [5.41, 5.74) is -2.55. The maximum atomic E-state index is 13.7. The summed E-state index contributed by atoms with van der Waals surface area (Å²) in [6.07, 6.45) is -4.24. The van der Waals surface area contributed by atoms with Crippen LogP contribution >= 0.6 is 0 Å². The first-order valence-electron chi connectivity index (χ1n) is 7.62. The molecule has 0 amide bonds. The van der Waals surface area contributed by atoms with Gasteiger partial charge in [0.2, 0.25) is 0 Å². The second-order valence-electron chi connectivity index (χ2n) is 6.44. The van der Waals surface area contributed by atoms with E-state index in [1.807, 2.05) is 0 Å². The average molecular weight is 347 g/mol. The van der Waals surface area contributed by atoms with Crippen molar-refractivity contribution < 1.29 is 32.2 Å². The standard InChI is InChI=1S/C16H17F4NO3/c17-12-3-1-2-10(13(12)16(18,19)20)6-21-7-11-4-5-24-9-15(11,8-21)14(22)23/h1-3,11H,4-9H2,(H,22,23)/t11-,15+/m0/s1. The molecule has 1 N–H and O–H groups in total. The Balaban J connectivity index is 1.86. The van der Waals surface area contributed by atoms with E-state index in [1.165, 1.54) is 12.1 Å². The molecule has 2 saturated heterocycles. The van der Waals surface area contributed by atoms with Gasteiger partial charge >= 0.3 is 12.1 Å². The van der Waals surface area contributed by atoms with Crippen molar-refractivity contribution in [2.45, 2.75) is 19.1 Å². The quantitative estimate of drug-likeness (QED) is 0.855. The van der Waals surface area contributed by atoms with E-state index in [9.17, 15) is 27.5 Å². The van der Waals surface area contributed by atoms with Gasteiger partial charge < -0.3 is 9.84 Å². The number of hydrogen-bond acceptors (Lipinski definition) is 3. The van der Waals surface area contributed by atoms with Crippen molar-refractivity contribution in [3.63, 3.8) is 0 Å². The molecule has 0 spiro atoms. The number of halogens is 4. The fourth-order valence-corrected chi connectivity index (χ4v) is 3.77. The van der Waals surface area contributed by atoms with E-state index in [0.717, 1.165) is 6.07 Å². The molecule has 2 atom stereocenters. The Morgan fingerprint density at radius 1 is 1.42 bits per heavy atom. The minimum Gasteiger partial charge on any atom is -0.481 e. The summed E-state index contributed by atoms with van der Waals surface area (Å²) in [4.78, 5) is 13.3. The molecule has 1 aromatic carbocycles. The molecule has 0 aromatic heterocycles. The highest BCUT2D eigenvalue weighted by Crippen LogP contribution is 2.43. The fourth-order valence-electron chi connectivity index (χ4n) is 3.77. The average Bonchev–Trinajstić information content (AvgIpc) is 2.85. The lowest BCUT2D eigenvalue weighted by molar-refractivity contribution is -0.160. The molecule has 1 aromatic rings. The Kier molecular flexibility index (Phi) is 4.29. The van der Waals surface area contributed by atoms with Gasteiger partial charge in [-0.3, -0.25) is 9.69 Å². The first kappa shape index (κ1) is 17.2. The number of carbonyl (C=O) groups is 1. The first-order valence-corrected chi connectivity index (χ1v) is 7.62. The topological polar surface area (TPSA) is 49.8 Å². The summed E-state index contributed by atoms with van der Waals surface area (Å²) in [7, 11) is 0. The van der Waals surface area contributed by atoms with Crippen molar-refractivity contribution in [2.24, 2.45) is 11.3 Å². The molecule has 0 aliphatic carbocycles. The normalized spacial score (nSPS) is 27.9. The van der Waals surface area contributed by atoms with Crippen LogP contribution < -0.4 is 0 Å². The summed E-state index contributed by atoms with van der Waals surface area (Å²) in [5.74, 6) is -2.48. The number of likely N-dealkylation sites (tertiary alicyclic amines) is 1. The largest absolute Gasteiger partial charge is 0.481 e. The number of aliphatic carboxylic acids is 1. The van der Waals surface area contributed by atoms with Crippen molar-refractivity contribution in [3.05, 3.63) is 35.1 Å². The van der Waals surface area contributed by atoms with Gasteiger partial charge in [0.1, 0.15) is 11.2 Å². The Bertz CT molecular complexity index is 649. The minimum atomic E-state index is -4.79. The first-order chi connectivity index (χ1) is 11.2. The van der Waals surface area contributed by atoms with Crippen LogP contribution in [0.15, 0.2) is 18.2 Å². The number of alkyl halides is 3. The third-order valence-corrected chi connectivity index (χ3v) is 4.94. The molecule has 0 unspecified atom stereocenters. The maximum absolute atomic E-state index is 13.7. The van der Waals surface area contributed by atoms with Crippen LogP contribution in [0.5, 0.6) is 0 Å². The van der Waals surface area contributed by atoms with E-state index < -0.39 is 28.9 Å². The molecule has 0 saturated carbocycles. The highest BCUT2D eigenvalue weighted by molar-refractivity contribution is 5.76. The molecular formula is C16H17F4NO3. The zero-order chi connectivity index (χ0) is 17.5. The predicted octanol–water partition coefficient (Wildman–Crippen LogP) is 2.77. The van der Waals surface area contributed by atoms with Crippen LogP contribution in [0.4, 0.5) is 17.6 Å². The van der Waals surface area contributed by atoms with E-state index in [4.69, 9.17) is 4.74 Å². The van der Waals surface area contributed by atoms with E-state index >= 15 is 0 Å². The molecule has 132 valence electrons. The third kappa shape index (κ3) is 2.88. The molecule has 8 heteroatoms. The lowest BCUT2D eigenvalue weighted by Crippen LogP contribution is -2.46. The van der Waals surface area contributed by atoms with Crippen molar-refractivity contribution >= 4 is 5.97 Å². The minimum absolute atomic E-state index is 0.0543. The molecule has 0 radical (unpaired) electrons. The number of rotatable bonds is 3. The van der Waals surface area contributed by atoms with Crippen LogP contribution in [0.3, 0.4) is 0 Å². The van der Waals surface area contributed by atoms with Gasteiger partial charge in [0.25, 0.3) is 0 Å². The smallest absolute Gasteiger partial charge is 0.419 e. The summed E-state index contributed by atoms with van der Waals surface area (Å²) in [5, 5.41) is 9.56. The van der Waals surface area contributed by atoms with Gasteiger partial charge in [0.05, 0.1) is 12.2 Å². The molecule has 24 heavy (non-hydrogen) atoms. The molecule has 4 nitrogen and oxygen atoms in total. The summed E-state index contributed by atoms with van der Waals surface area (Å²) in [6.45, 7) is 0.822. The summed E-state index contributed by atoms with van der Waals surface area (Å²) in [6, 6.07) is 3.25. The fraction of sp³-hybridized carbons (Fsp3) is 0.562. The van der Waals surface area contributed by atoms with E-state index in [2.05, 4.69) is 0 Å². The van der Waals surface area contributed by atoms with Crippen LogP contribution in [0, 0.1) is 17.2 Å². The molecule has 2 heterocycles. The van der Waals surface area contributed by atoms with Crippen LogP contribution in [0.1, 0.15) is 17.5 Å². The summed E-state index contributed by atoms with van der Waals surface area (Å²) < 4.78 is 58.3. The predicted molar refractivity (Wildman–Crippen MR) is 75.7 cm³/mol. The number of benzene rings is 1. The Morgan fingerprint density at radius 2 is 2.17 bits per heavy atom.